The molecule has 2 fully saturated rings. The maximum Gasteiger partial charge on any atom is 0.332 e. The van der Waals surface area contributed by atoms with Gasteiger partial charge < -0.3 is 20.5 Å². The largest absolute Gasteiger partial charge is 0.479 e. The lowest BCUT2D eigenvalue weighted by Gasteiger charge is -2.14. The lowest BCUT2D eigenvalue weighted by Crippen LogP contribution is -2.45. The molecule has 0 aromatic heterocycles. The van der Waals surface area contributed by atoms with Crippen LogP contribution in [0.1, 0.15) is 12.8 Å². The third-order valence-corrected chi connectivity index (χ3v) is 3.76. The molecule has 2 heterocycles. The van der Waals surface area contributed by atoms with Gasteiger partial charge in [0.25, 0.3) is 5.24 Å². The van der Waals surface area contributed by atoms with Crippen LogP contribution in [0.3, 0.4) is 0 Å². The zero-order valence-electron chi connectivity index (χ0n) is 9.55. The summed E-state index contributed by atoms with van der Waals surface area (Å²) in [6.45, 7) is 0.277. The van der Waals surface area contributed by atoms with Gasteiger partial charge in [0.2, 0.25) is 5.91 Å². The van der Waals surface area contributed by atoms with Crippen molar-refractivity contribution in [3.63, 3.8) is 0 Å². The smallest absolute Gasteiger partial charge is 0.332 e. The molecule has 8 heteroatoms. The number of carbonyl (C=O) groups excluding carboxylic acids is 2. The summed E-state index contributed by atoms with van der Waals surface area (Å²) in [5.41, 5.74) is 0. The van der Waals surface area contributed by atoms with Crippen LogP contribution in [-0.2, 0) is 14.3 Å². The Kier molecular flexibility index (Phi) is 4.07. The molecule has 0 aromatic rings. The number of nitrogens with one attached hydrogen (secondary N) is 2. The first-order chi connectivity index (χ1) is 8.56. The highest BCUT2D eigenvalue weighted by Gasteiger charge is 2.32. The van der Waals surface area contributed by atoms with E-state index >= 15 is 0 Å². The molecular formula is C10H14N2O5S. The van der Waals surface area contributed by atoms with Gasteiger partial charge >= 0.3 is 5.97 Å². The summed E-state index contributed by atoms with van der Waals surface area (Å²) in [4.78, 5) is 33.2. The van der Waals surface area contributed by atoms with Gasteiger partial charge in [0, 0.05) is 12.3 Å². The molecule has 18 heavy (non-hydrogen) atoms. The van der Waals surface area contributed by atoms with E-state index < -0.39 is 18.1 Å². The van der Waals surface area contributed by atoms with Gasteiger partial charge in [-0.3, -0.25) is 9.59 Å². The SMILES string of the molecule is O=C1NC(C(=O)NCC2CCC(C(=O)O)O2)CS1. The molecule has 0 aromatic carbocycles. The first-order valence-corrected chi connectivity index (χ1v) is 6.64. The average Bonchev–Trinajstić information content (AvgIpc) is 2.94. The molecule has 0 spiro atoms. The Labute approximate surface area is 108 Å². The van der Waals surface area contributed by atoms with Crippen LogP contribution >= 0.6 is 11.8 Å². The molecule has 0 aliphatic carbocycles. The molecule has 2 aliphatic heterocycles. The van der Waals surface area contributed by atoms with Crippen LogP contribution in [-0.4, -0.2) is 52.8 Å². The van der Waals surface area contributed by atoms with E-state index in [0.717, 1.165) is 11.8 Å². The second-order valence-electron chi connectivity index (χ2n) is 4.20. The quantitative estimate of drug-likeness (QED) is 0.642. The molecule has 2 rings (SSSR count). The first kappa shape index (κ1) is 13.2. The minimum Gasteiger partial charge on any atom is -0.479 e. The molecule has 0 radical (unpaired) electrons. The van der Waals surface area contributed by atoms with E-state index in [2.05, 4.69) is 10.6 Å². The predicted molar refractivity (Wildman–Crippen MR) is 63.3 cm³/mol. The minimum absolute atomic E-state index is 0.196. The third kappa shape index (κ3) is 3.14. The Morgan fingerprint density at radius 1 is 1.50 bits per heavy atom. The molecule has 3 unspecified atom stereocenters. The Bertz CT molecular complexity index is 375. The van der Waals surface area contributed by atoms with Crippen LogP contribution in [0.2, 0.25) is 0 Å². The Balaban J connectivity index is 1.71. The van der Waals surface area contributed by atoms with E-state index in [1.165, 1.54) is 0 Å². The van der Waals surface area contributed by atoms with Crippen molar-refractivity contribution in [1.82, 2.24) is 10.6 Å². The molecule has 2 saturated heterocycles. The van der Waals surface area contributed by atoms with Crippen molar-refractivity contribution in [3.8, 4) is 0 Å². The van der Waals surface area contributed by atoms with Crippen molar-refractivity contribution in [2.75, 3.05) is 12.3 Å². The Morgan fingerprint density at radius 2 is 2.28 bits per heavy atom. The highest BCUT2D eigenvalue weighted by Crippen LogP contribution is 2.19. The zero-order chi connectivity index (χ0) is 13.1. The number of hydrogen-bond acceptors (Lipinski definition) is 5. The molecule has 0 saturated carbocycles. The molecule has 0 bridgehead atoms. The van der Waals surface area contributed by atoms with E-state index in [-0.39, 0.29) is 23.8 Å². The van der Waals surface area contributed by atoms with Crippen molar-refractivity contribution < 1.29 is 24.2 Å². The summed E-state index contributed by atoms with van der Waals surface area (Å²) in [6.07, 6.45) is 0.0444. The zero-order valence-corrected chi connectivity index (χ0v) is 10.4. The average molecular weight is 274 g/mol. The number of aliphatic carboxylic acids is 1. The van der Waals surface area contributed by atoms with E-state index in [9.17, 15) is 14.4 Å². The lowest BCUT2D eigenvalue weighted by atomic mass is 10.2. The normalized spacial score (nSPS) is 31.1. The number of amides is 2. The Morgan fingerprint density at radius 3 is 2.83 bits per heavy atom. The van der Waals surface area contributed by atoms with E-state index in [1.807, 2.05) is 0 Å². The van der Waals surface area contributed by atoms with E-state index in [1.54, 1.807) is 0 Å². The number of carboxylic acid groups (broad SMARTS) is 1. The van der Waals surface area contributed by atoms with Crippen LogP contribution in [0.4, 0.5) is 4.79 Å². The lowest BCUT2D eigenvalue weighted by molar-refractivity contribution is -0.149. The van der Waals surface area contributed by atoms with Gasteiger partial charge in [-0.05, 0) is 12.8 Å². The van der Waals surface area contributed by atoms with Crippen molar-refractivity contribution in [2.24, 2.45) is 0 Å². The maximum atomic E-state index is 11.7. The van der Waals surface area contributed by atoms with Crippen molar-refractivity contribution >= 4 is 28.9 Å². The standard InChI is InChI=1S/C10H14N2O5S/c13-8(6-4-18-10(16)12-6)11-3-5-1-2-7(17-5)9(14)15/h5-7H,1-4H2,(H,11,13)(H,12,16)(H,14,15). The van der Waals surface area contributed by atoms with Gasteiger partial charge in [0.1, 0.15) is 6.04 Å². The molecule has 3 atom stereocenters. The van der Waals surface area contributed by atoms with Crippen LogP contribution in [0.15, 0.2) is 0 Å². The highest BCUT2D eigenvalue weighted by molar-refractivity contribution is 8.14. The fraction of sp³-hybridized carbons (Fsp3) is 0.700. The van der Waals surface area contributed by atoms with Crippen LogP contribution < -0.4 is 10.6 Å². The highest BCUT2D eigenvalue weighted by atomic mass is 32.2. The van der Waals surface area contributed by atoms with E-state index in [0.29, 0.717) is 18.6 Å². The summed E-state index contributed by atoms with van der Waals surface area (Å²) in [5, 5.41) is 13.7. The fourth-order valence-corrected chi connectivity index (χ4v) is 2.68. The maximum absolute atomic E-state index is 11.7. The number of thioether (sulfide) groups is 1. The first-order valence-electron chi connectivity index (χ1n) is 5.65. The van der Waals surface area contributed by atoms with Crippen LogP contribution in [0, 0.1) is 0 Å². The van der Waals surface area contributed by atoms with Gasteiger partial charge in [-0.25, -0.2) is 4.79 Å². The summed E-state index contributed by atoms with van der Waals surface area (Å²) in [6, 6.07) is -0.501. The number of ether oxygens (including phenoxy) is 1. The number of hydrogen-bond donors (Lipinski definition) is 3. The van der Waals surface area contributed by atoms with Crippen molar-refractivity contribution in [3.05, 3.63) is 0 Å². The van der Waals surface area contributed by atoms with Crippen LogP contribution in [0.5, 0.6) is 0 Å². The van der Waals surface area contributed by atoms with Crippen LogP contribution in [0.25, 0.3) is 0 Å². The predicted octanol–water partition coefficient (Wildman–Crippen LogP) is -0.440. The summed E-state index contributed by atoms with van der Waals surface area (Å²) in [5.74, 6) is -0.799. The molecule has 3 N–H and O–H groups in total. The van der Waals surface area contributed by atoms with Gasteiger partial charge in [0.05, 0.1) is 6.10 Å². The third-order valence-electron chi connectivity index (χ3n) is 2.88. The summed E-state index contributed by atoms with van der Waals surface area (Å²) in [7, 11) is 0. The summed E-state index contributed by atoms with van der Waals surface area (Å²) >= 11 is 1.08. The number of carboxylic acids is 1. The van der Waals surface area contributed by atoms with Crippen molar-refractivity contribution in [2.45, 2.75) is 31.1 Å². The van der Waals surface area contributed by atoms with Gasteiger partial charge in [-0.2, -0.15) is 0 Å². The molecule has 2 aliphatic rings. The number of rotatable bonds is 4. The monoisotopic (exact) mass is 274 g/mol. The fourth-order valence-electron chi connectivity index (χ4n) is 1.90. The molecular weight excluding hydrogens is 260 g/mol. The Hall–Kier alpha value is -1.28. The molecule has 2 amide bonds. The molecule has 100 valence electrons. The summed E-state index contributed by atoms with van der Waals surface area (Å²) < 4.78 is 5.25. The van der Waals surface area contributed by atoms with Gasteiger partial charge in [-0.1, -0.05) is 11.8 Å². The van der Waals surface area contributed by atoms with Crippen molar-refractivity contribution in [1.29, 1.82) is 0 Å². The second kappa shape index (κ2) is 5.57. The molecule has 7 nitrogen and oxygen atoms in total. The second-order valence-corrected chi connectivity index (χ2v) is 5.20. The van der Waals surface area contributed by atoms with E-state index in [4.69, 9.17) is 9.84 Å². The minimum atomic E-state index is -0.969. The number of carbonyl (C=O) groups is 3. The van der Waals surface area contributed by atoms with Gasteiger partial charge in [-0.15, -0.1) is 0 Å². The van der Waals surface area contributed by atoms with Gasteiger partial charge in [0.15, 0.2) is 6.10 Å². The topological polar surface area (TPSA) is 105 Å².